The van der Waals surface area contributed by atoms with Gasteiger partial charge in [-0.1, -0.05) is 35.7 Å². The summed E-state index contributed by atoms with van der Waals surface area (Å²) in [6.07, 6.45) is 3.19. The van der Waals surface area contributed by atoms with Gasteiger partial charge in [0.25, 0.3) is 11.8 Å². The molecule has 2 N–H and O–H groups in total. The van der Waals surface area contributed by atoms with Gasteiger partial charge in [-0.15, -0.1) is 23.5 Å². The number of β-lactam (4-membered cyclic amide) rings is 2. The molecule has 2 atom stereocenters. The summed E-state index contributed by atoms with van der Waals surface area (Å²) in [7, 11) is 0. The molecule has 0 bridgehead atoms. The summed E-state index contributed by atoms with van der Waals surface area (Å²) >= 11 is 4.76. The molecule has 2 amide bonds. The van der Waals surface area contributed by atoms with E-state index in [0.717, 1.165) is 23.5 Å². The Kier molecular flexibility index (Phi) is 15.0. The second-order valence-corrected chi connectivity index (χ2v) is 12.5. The van der Waals surface area contributed by atoms with Crippen LogP contribution in [0.15, 0.2) is 43.2 Å². The molecule has 4 aliphatic rings. The van der Waals surface area contributed by atoms with Crippen LogP contribution in [0.5, 0.6) is 0 Å². The zero-order chi connectivity index (χ0) is 28.3. The Morgan fingerprint density at radius 3 is 1.35 bits per heavy atom. The van der Waals surface area contributed by atoms with Crippen molar-refractivity contribution in [2.45, 2.75) is 37.4 Å². The smallest absolute Gasteiger partial charge is 0.543 e. The molecule has 0 aromatic heterocycles. The summed E-state index contributed by atoms with van der Waals surface area (Å²) < 4.78 is 0.882. The van der Waals surface area contributed by atoms with E-state index in [0.29, 0.717) is 19.6 Å². The van der Waals surface area contributed by atoms with Crippen LogP contribution in [0, 0.1) is 0 Å². The number of allylic oxidation sites excluding steroid dienone is 2. The van der Waals surface area contributed by atoms with Crippen molar-refractivity contribution in [2.75, 3.05) is 11.5 Å². The van der Waals surface area contributed by atoms with E-state index in [1.165, 1.54) is 33.3 Å². The zero-order valence-corrected chi connectivity index (χ0v) is 29.1. The Morgan fingerprint density at radius 2 is 1.10 bits per heavy atom. The van der Waals surface area contributed by atoms with Crippen LogP contribution in [0.3, 0.4) is 0 Å². The molecule has 0 aliphatic carbocycles. The number of carboxylic acids is 4. The minimum Gasteiger partial charge on any atom is -0.543 e. The van der Waals surface area contributed by atoms with Gasteiger partial charge in [0.15, 0.2) is 0 Å². The van der Waals surface area contributed by atoms with Crippen LogP contribution < -0.4 is 69.3 Å². The number of thioether (sulfide) groups is 4. The summed E-state index contributed by atoms with van der Waals surface area (Å²) in [5.74, 6) is -4.84. The first-order chi connectivity index (χ1) is 17.9. The molecular weight excluding hydrogens is 626 g/mol. The number of nitrogens with zero attached hydrogens (tertiary/aromatic N) is 2. The second kappa shape index (κ2) is 16.1. The van der Waals surface area contributed by atoms with Gasteiger partial charge < -0.3 is 30.0 Å². The maximum Gasteiger partial charge on any atom is 1.00 e. The van der Waals surface area contributed by atoms with E-state index >= 15 is 0 Å². The molecule has 204 valence electrons. The van der Waals surface area contributed by atoms with E-state index in [2.05, 4.69) is 0 Å². The average molecular weight is 647 g/mol. The standard InChI is InChI=1S/2C11H11NO5S2.2Na/c2*1-2-5-8(15)12-7(10(16)17)11(19-9(5)12)18-4-3-6(13)14;;/h2*2,9H,3-4H2,1H3,(H,13,14)(H,16,17);;/q;;2*+1/p-2. The van der Waals surface area contributed by atoms with Gasteiger partial charge in [-0.3, -0.25) is 29.0 Å². The van der Waals surface area contributed by atoms with E-state index in [1.54, 1.807) is 26.0 Å². The maximum absolute atomic E-state index is 11.7. The fourth-order valence-corrected chi connectivity index (χ4v) is 9.08. The number of carbonyl (C=O) groups excluding carboxylic acids is 4. The molecule has 12 nitrogen and oxygen atoms in total. The minimum absolute atomic E-state index is 0. The van der Waals surface area contributed by atoms with Crippen molar-refractivity contribution < 1.29 is 108 Å². The molecule has 0 radical (unpaired) electrons. The van der Waals surface area contributed by atoms with Gasteiger partial charge in [-0.25, -0.2) is 0 Å². The van der Waals surface area contributed by atoms with Crippen molar-refractivity contribution in [1.29, 1.82) is 0 Å². The van der Waals surface area contributed by atoms with Crippen LogP contribution in [-0.2, 0) is 28.8 Å². The first-order valence-electron chi connectivity index (χ1n) is 10.9. The van der Waals surface area contributed by atoms with Crippen molar-refractivity contribution in [3.63, 3.8) is 0 Å². The summed E-state index contributed by atoms with van der Waals surface area (Å²) in [5.41, 5.74) is 0.858. The SMILES string of the molecule is CC=C1C(=O)N2C(C(=O)[O-])=C(SCCC(=O)O)SC12.CC=C1C(=O)N2C(C(=O)[O-])=C(SCCC(=O)O)SC12.[Na+].[Na+]. The van der Waals surface area contributed by atoms with Crippen LogP contribution in [0.25, 0.3) is 0 Å². The number of aliphatic carboxylic acids is 4. The molecule has 4 heterocycles. The third-order valence-corrected chi connectivity index (χ3v) is 10.5. The maximum atomic E-state index is 11.7. The molecule has 0 spiro atoms. The Bertz CT molecular complexity index is 1160. The summed E-state index contributed by atoms with van der Waals surface area (Å²) in [6.45, 7) is 3.44. The number of hydrogen-bond acceptors (Lipinski definition) is 12. The molecule has 18 heteroatoms. The molecule has 0 saturated carbocycles. The number of hydrogen-bond donors (Lipinski definition) is 2. The second-order valence-electron chi connectivity index (χ2n) is 7.61. The van der Waals surface area contributed by atoms with Crippen LogP contribution >= 0.6 is 47.0 Å². The van der Waals surface area contributed by atoms with E-state index < -0.39 is 23.9 Å². The van der Waals surface area contributed by atoms with Crippen molar-refractivity contribution in [2.24, 2.45) is 0 Å². The minimum atomic E-state index is -1.41. The van der Waals surface area contributed by atoms with Gasteiger partial charge in [0, 0.05) is 22.7 Å². The average Bonchev–Trinajstić information content (AvgIpc) is 3.34. The van der Waals surface area contributed by atoms with Gasteiger partial charge in [0.05, 0.1) is 44.6 Å². The Balaban J connectivity index is 0.000000381. The largest absolute Gasteiger partial charge is 1.00 e. The zero-order valence-electron chi connectivity index (χ0n) is 21.8. The number of carbonyl (C=O) groups is 6. The van der Waals surface area contributed by atoms with Gasteiger partial charge >= 0.3 is 71.1 Å². The third kappa shape index (κ3) is 7.76. The van der Waals surface area contributed by atoms with E-state index in [4.69, 9.17) is 10.2 Å². The Morgan fingerprint density at radius 1 is 0.775 bits per heavy atom. The number of fused-ring (bicyclic) bond motifs is 2. The van der Waals surface area contributed by atoms with Crippen LogP contribution in [0.2, 0.25) is 0 Å². The molecule has 4 aliphatic heterocycles. The van der Waals surface area contributed by atoms with Crippen LogP contribution in [-0.4, -0.2) is 78.0 Å². The monoisotopic (exact) mass is 646 g/mol. The normalized spacial score (nSPS) is 22.4. The van der Waals surface area contributed by atoms with Crippen molar-refractivity contribution in [3.8, 4) is 0 Å². The van der Waals surface area contributed by atoms with Gasteiger partial charge in [0.2, 0.25) is 0 Å². The first-order valence-corrected chi connectivity index (χ1v) is 14.6. The van der Waals surface area contributed by atoms with Gasteiger partial charge in [0.1, 0.15) is 10.7 Å². The Hall–Kier alpha value is -0.820. The van der Waals surface area contributed by atoms with Gasteiger partial charge in [-0.05, 0) is 13.8 Å². The van der Waals surface area contributed by atoms with Gasteiger partial charge in [-0.2, -0.15) is 0 Å². The molecule has 2 saturated heterocycles. The number of carboxylic acid groups (broad SMARTS) is 4. The quantitative estimate of drug-likeness (QED) is 0.129. The summed E-state index contributed by atoms with van der Waals surface area (Å²) in [6, 6.07) is 0. The fraction of sp³-hybridized carbons (Fsp3) is 0.364. The van der Waals surface area contributed by atoms with Crippen molar-refractivity contribution in [3.05, 3.63) is 43.2 Å². The van der Waals surface area contributed by atoms with E-state index in [1.807, 2.05) is 0 Å². The summed E-state index contributed by atoms with van der Waals surface area (Å²) in [5, 5.41) is 38.7. The molecule has 4 rings (SSSR count). The molecule has 2 fully saturated rings. The predicted molar refractivity (Wildman–Crippen MR) is 137 cm³/mol. The third-order valence-electron chi connectivity index (χ3n) is 5.35. The van der Waals surface area contributed by atoms with E-state index in [-0.39, 0.29) is 117 Å². The van der Waals surface area contributed by atoms with Crippen LogP contribution in [0.1, 0.15) is 26.7 Å². The van der Waals surface area contributed by atoms with E-state index in [9.17, 15) is 39.0 Å². The molecule has 2 unspecified atom stereocenters. The summed E-state index contributed by atoms with van der Waals surface area (Å²) in [4.78, 5) is 69.0. The molecule has 40 heavy (non-hydrogen) atoms. The molecule has 0 aromatic rings. The topological polar surface area (TPSA) is 195 Å². The predicted octanol–water partition coefficient (Wildman–Crippen LogP) is -6.04. The molecule has 0 aromatic carbocycles. The number of rotatable bonds is 10. The first kappa shape index (κ1) is 37.2. The number of amides is 2. The van der Waals surface area contributed by atoms with Crippen molar-refractivity contribution >= 4 is 82.7 Å². The van der Waals surface area contributed by atoms with Crippen molar-refractivity contribution in [1.82, 2.24) is 9.80 Å². The Labute approximate surface area is 290 Å². The van der Waals surface area contributed by atoms with Crippen LogP contribution in [0.4, 0.5) is 0 Å². The molecular formula is C22H20N2Na2O10S4. The fourth-order valence-electron chi connectivity index (χ4n) is 3.59.